The van der Waals surface area contributed by atoms with Gasteiger partial charge in [-0.15, -0.1) is 0 Å². The highest BCUT2D eigenvalue weighted by atomic mass is 35.5. The number of alkyl halides is 2. The van der Waals surface area contributed by atoms with Gasteiger partial charge in [0, 0.05) is 30.2 Å². The van der Waals surface area contributed by atoms with E-state index in [0.29, 0.717) is 5.56 Å². The maximum Gasteiger partial charge on any atom is 0.248 e. The van der Waals surface area contributed by atoms with Gasteiger partial charge in [-0.2, -0.15) is 0 Å². The number of halogens is 4. The maximum absolute atomic E-state index is 13.0. The van der Waals surface area contributed by atoms with Crippen LogP contribution in [0.4, 0.5) is 13.2 Å². The van der Waals surface area contributed by atoms with E-state index in [-0.39, 0.29) is 48.8 Å². The minimum absolute atomic E-state index is 0.0787. The normalized spacial score (nSPS) is 19.4. The molecule has 1 fully saturated rings. The van der Waals surface area contributed by atoms with Crippen molar-refractivity contribution in [2.45, 2.75) is 38.0 Å². The van der Waals surface area contributed by atoms with Crippen molar-refractivity contribution >= 4 is 17.4 Å². The highest BCUT2D eigenvalue weighted by Crippen LogP contribution is 2.37. The maximum atomic E-state index is 13.0. The van der Waals surface area contributed by atoms with Crippen molar-refractivity contribution in [3.05, 3.63) is 34.6 Å². The summed E-state index contributed by atoms with van der Waals surface area (Å²) in [5.41, 5.74) is 0.547. The van der Waals surface area contributed by atoms with Crippen LogP contribution in [0.2, 0.25) is 5.02 Å². The molecule has 1 saturated carbocycles. The fourth-order valence-corrected chi connectivity index (χ4v) is 2.59. The van der Waals surface area contributed by atoms with Crippen LogP contribution in [-0.2, 0) is 11.2 Å². The van der Waals surface area contributed by atoms with E-state index in [1.54, 1.807) is 0 Å². The Balaban J connectivity index is 1.98. The van der Waals surface area contributed by atoms with Crippen LogP contribution in [-0.4, -0.2) is 11.7 Å². The molecule has 0 aromatic heterocycles. The molecule has 0 spiro atoms. The van der Waals surface area contributed by atoms with Gasteiger partial charge in [0.1, 0.15) is 11.6 Å². The molecule has 104 valence electrons. The lowest BCUT2D eigenvalue weighted by molar-refractivity contribution is -0.126. The van der Waals surface area contributed by atoms with Gasteiger partial charge in [0.25, 0.3) is 0 Å². The van der Waals surface area contributed by atoms with Crippen LogP contribution in [0.3, 0.4) is 0 Å². The van der Waals surface area contributed by atoms with E-state index >= 15 is 0 Å². The molecule has 1 aromatic rings. The molecule has 0 atom stereocenters. The summed E-state index contributed by atoms with van der Waals surface area (Å²) in [4.78, 5) is 12.0. The minimum Gasteiger partial charge on any atom is -0.299 e. The zero-order valence-corrected chi connectivity index (χ0v) is 11.0. The number of carbonyl (C=O) groups excluding carboxylic acids is 1. The quantitative estimate of drug-likeness (QED) is 0.805. The molecule has 1 aromatic carbocycles. The zero-order valence-electron chi connectivity index (χ0n) is 10.3. The molecule has 19 heavy (non-hydrogen) atoms. The van der Waals surface area contributed by atoms with Crippen molar-refractivity contribution in [1.82, 2.24) is 0 Å². The Bertz CT molecular complexity index is 478. The first kappa shape index (κ1) is 14.4. The number of carbonyl (C=O) groups is 1. The van der Waals surface area contributed by atoms with Crippen molar-refractivity contribution < 1.29 is 18.0 Å². The highest BCUT2D eigenvalue weighted by Gasteiger charge is 2.37. The molecule has 5 heteroatoms. The van der Waals surface area contributed by atoms with Crippen LogP contribution < -0.4 is 0 Å². The van der Waals surface area contributed by atoms with Gasteiger partial charge in [0.2, 0.25) is 5.92 Å². The third kappa shape index (κ3) is 3.72. The molecule has 0 radical (unpaired) electrons. The van der Waals surface area contributed by atoms with Crippen LogP contribution in [0.15, 0.2) is 18.2 Å². The molecular weight excluding hydrogens is 277 g/mol. The Morgan fingerprint density at radius 2 is 1.95 bits per heavy atom. The average Bonchev–Trinajstić information content (AvgIpc) is 2.32. The summed E-state index contributed by atoms with van der Waals surface area (Å²) < 4.78 is 38.9. The van der Waals surface area contributed by atoms with Crippen LogP contribution in [0, 0.1) is 11.7 Å². The molecule has 1 aliphatic carbocycles. The Morgan fingerprint density at radius 1 is 1.32 bits per heavy atom. The molecule has 2 rings (SSSR count). The molecule has 0 unspecified atom stereocenters. The van der Waals surface area contributed by atoms with Gasteiger partial charge in [-0.1, -0.05) is 17.7 Å². The first-order chi connectivity index (χ1) is 8.87. The van der Waals surface area contributed by atoms with Crippen LogP contribution >= 0.6 is 11.6 Å². The summed E-state index contributed by atoms with van der Waals surface area (Å²) in [7, 11) is 0. The Kier molecular flexibility index (Phi) is 4.19. The third-order valence-electron chi connectivity index (χ3n) is 3.55. The Morgan fingerprint density at radius 3 is 2.53 bits per heavy atom. The lowest BCUT2D eigenvalue weighted by Gasteiger charge is -2.27. The SMILES string of the molecule is O=C(Cc1ccc(F)cc1Cl)C1CCC(F)(F)CC1. The zero-order chi connectivity index (χ0) is 14.0. The lowest BCUT2D eigenvalue weighted by atomic mass is 9.82. The topological polar surface area (TPSA) is 17.1 Å². The molecule has 1 nitrogen and oxygen atoms in total. The third-order valence-corrected chi connectivity index (χ3v) is 3.90. The number of Topliss-reactive ketones (excluding diaryl/α,β-unsaturated/α-hetero) is 1. The first-order valence-electron chi connectivity index (χ1n) is 6.22. The second-order valence-electron chi connectivity index (χ2n) is 5.01. The van der Waals surface area contributed by atoms with Gasteiger partial charge in [0.15, 0.2) is 0 Å². The van der Waals surface area contributed by atoms with Crippen molar-refractivity contribution in [2.75, 3.05) is 0 Å². The summed E-state index contributed by atoms with van der Waals surface area (Å²) in [6, 6.07) is 3.86. The Hall–Kier alpha value is -1.03. The van der Waals surface area contributed by atoms with Gasteiger partial charge in [-0.05, 0) is 30.5 Å². The number of hydrogen-bond donors (Lipinski definition) is 0. The summed E-state index contributed by atoms with van der Waals surface area (Å²) in [6.07, 6.45) is 0.0335. The molecule has 0 N–H and O–H groups in total. The second-order valence-corrected chi connectivity index (χ2v) is 5.42. The van der Waals surface area contributed by atoms with Gasteiger partial charge in [0.05, 0.1) is 0 Å². The van der Waals surface area contributed by atoms with Crippen LogP contribution in [0.5, 0.6) is 0 Å². The van der Waals surface area contributed by atoms with Crippen molar-refractivity contribution in [3.8, 4) is 0 Å². The Labute approximate surface area is 114 Å². The number of rotatable bonds is 3. The lowest BCUT2D eigenvalue weighted by Crippen LogP contribution is -2.29. The number of ketones is 1. The standard InChI is InChI=1S/C14H14ClF3O/c15-12-8-11(16)2-1-10(12)7-13(19)9-3-5-14(17,18)6-4-9/h1-2,8-9H,3-7H2. The molecular formula is C14H14ClF3O. The predicted molar refractivity (Wildman–Crippen MR) is 67.0 cm³/mol. The number of hydrogen-bond acceptors (Lipinski definition) is 1. The summed E-state index contributed by atoms with van der Waals surface area (Å²) in [5.74, 6) is -3.52. The van der Waals surface area contributed by atoms with Crippen LogP contribution in [0.25, 0.3) is 0 Å². The van der Waals surface area contributed by atoms with E-state index in [1.807, 2.05) is 0 Å². The first-order valence-corrected chi connectivity index (χ1v) is 6.60. The van der Waals surface area contributed by atoms with Gasteiger partial charge < -0.3 is 0 Å². The molecule has 0 bridgehead atoms. The minimum atomic E-state index is -2.63. The monoisotopic (exact) mass is 290 g/mol. The molecule has 0 heterocycles. The molecule has 0 saturated heterocycles. The summed E-state index contributed by atoms with van der Waals surface area (Å²) >= 11 is 5.85. The smallest absolute Gasteiger partial charge is 0.248 e. The van der Waals surface area contributed by atoms with Gasteiger partial charge in [-0.3, -0.25) is 4.79 Å². The fraction of sp³-hybridized carbons (Fsp3) is 0.500. The highest BCUT2D eigenvalue weighted by molar-refractivity contribution is 6.31. The molecule has 0 aliphatic heterocycles. The summed E-state index contributed by atoms with van der Waals surface area (Å²) in [5, 5.41) is 0.203. The molecule has 0 amide bonds. The van der Waals surface area contributed by atoms with Crippen LogP contribution in [0.1, 0.15) is 31.2 Å². The van der Waals surface area contributed by atoms with E-state index in [2.05, 4.69) is 0 Å². The van der Waals surface area contributed by atoms with Gasteiger partial charge >= 0.3 is 0 Å². The van der Waals surface area contributed by atoms with E-state index in [1.165, 1.54) is 12.1 Å². The predicted octanol–water partition coefficient (Wildman–Crippen LogP) is 4.42. The second kappa shape index (κ2) is 5.53. The fourth-order valence-electron chi connectivity index (χ4n) is 2.36. The van der Waals surface area contributed by atoms with E-state index in [9.17, 15) is 18.0 Å². The van der Waals surface area contributed by atoms with Crippen molar-refractivity contribution in [2.24, 2.45) is 5.92 Å². The summed E-state index contributed by atoms with van der Waals surface area (Å²) in [6.45, 7) is 0. The average molecular weight is 291 g/mol. The number of benzene rings is 1. The van der Waals surface area contributed by atoms with Gasteiger partial charge in [-0.25, -0.2) is 13.2 Å². The molecule has 1 aliphatic rings. The van der Waals surface area contributed by atoms with Crippen molar-refractivity contribution in [3.63, 3.8) is 0 Å². The largest absolute Gasteiger partial charge is 0.299 e. The van der Waals surface area contributed by atoms with E-state index < -0.39 is 11.7 Å². The van der Waals surface area contributed by atoms with E-state index in [4.69, 9.17) is 11.6 Å². The van der Waals surface area contributed by atoms with Crippen molar-refractivity contribution in [1.29, 1.82) is 0 Å². The van der Waals surface area contributed by atoms with E-state index in [0.717, 1.165) is 6.07 Å².